The Morgan fingerprint density at radius 3 is 2.54 bits per heavy atom. The maximum absolute atomic E-state index is 13.1. The van der Waals surface area contributed by atoms with Gasteiger partial charge in [-0.2, -0.15) is 0 Å². The molecule has 1 aromatic carbocycles. The summed E-state index contributed by atoms with van der Waals surface area (Å²) < 4.78 is 55.4. The summed E-state index contributed by atoms with van der Waals surface area (Å²) in [7, 11) is -5.68. The van der Waals surface area contributed by atoms with Gasteiger partial charge in [0.2, 0.25) is 0 Å². The van der Waals surface area contributed by atoms with E-state index in [2.05, 4.69) is 11.9 Å². The second-order valence-corrected chi connectivity index (χ2v) is 10.3. The molecule has 0 radical (unpaired) electrons. The highest BCUT2D eigenvalue weighted by Crippen LogP contribution is 2.31. The average molecular weight is 373 g/mol. The largest absolute Gasteiger partial charge is 0.496 e. The maximum atomic E-state index is 13.1. The van der Waals surface area contributed by atoms with Crippen molar-refractivity contribution in [2.75, 3.05) is 25.2 Å². The van der Waals surface area contributed by atoms with E-state index in [-0.39, 0.29) is 16.4 Å². The molecular formula is C16H23NO5S2. The van der Waals surface area contributed by atoms with E-state index in [1.54, 1.807) is 32.1 Å². The van der Waals surface area contributed by atoms with Gasteiger partial charge in [-0.15, -0.1) is 6.58 Å². The predicted octanol–water partition coefficient (Wildman–Crippen LogP) is 1.03. The van der Waals surface area contributed by atoms with E-state index in [1.165, 1.54) is 7.11 Å². The molecule has 0 amide bonds. The summed E-state index contributed by atoms with van der Waals surface area (Å²) >= 11 is 0. The Balaban J connectivity index is 2.49. The fraction of sp³-hybridized carbons (Fsp3) is 0.500. The molecule has 1 aliphatic rings. The van der Waals surface area contributed by atoms with E-state index in [1.807, 2.05) is 0 Å². The van der Waals surface area contributed by atoms with E-state index in [9.17, 15) is 16.8 Å². The van der Waals surface area contributed by atoms with Gasteiger partial charge in [-0.25, -0.2) is 16.8 Å². The van der Waals surface area contributed by atoms with Crippen LogP contribution < -0.4 is 10.1 Å². The highest BCUT2D eigenvalue weighted by Gasteiger charge is 2.46. The summed E-state index contributed by atoms with van der Waals surface area (Å²) in [5.41, 5.74) is 1.24. The summed E-state index contributed by atoms with van der Waals surface area (Å²) in [5.74, 6) is 0.0555. The SMILES string of the molecule is C=CCN[C@@H]1CS(=O)(=O)C[C@H]1S(=O)(=O)c1cc(C)c(OC)cc1C. The van der Waals surface area contributed by atoms with E-state index in [4.69, 9.17) is 4.74 Å². The van der Waals surface area contributed by atoms with Crippen molar-refractivity contribution < 1.29 is 21.6 Å². The number of nitrogens with one attached hydrogen (secondary N) is 1. The molecule has 0 saturated carbocycles. The summed E-state index contributed by atoms with van der Waals surface area (Å²) in [6, 6.07) is 2.58. The molecule has 24 heavy (non-hydrogen) atoms. The maximum Gasteiger partial charge on any atom is 0.184 e. The lowest BCUT2D eigenvalue weighted by Crippen LogP contribution is -2.43. The highest BCUT2D eigenvalue weighted by molar-refractivity contribution is 7.96. The van der Waals surface area contributed by atoms with Crippen LogP contribution in [0.5, 0.6) is 5.75 Å². The topological polar surface area (TPSA) is 89.5 Å². The highest BCUT2D eigenvalue weighted by atomic mass is 32.2. The minimum absolute atomic E-state index is 0.160. The van der Waals surface area contributed by atoms with Crippen LogP contribution in [0.4, 0.5) is 0 Å². The van der Waals surface area contributed by atoms with Gasteiger partial charge in [0.05, 0.1) is 28.8 Å². The third-order valence-electron chi connectivity index (χ3n) is 4.22. The molecule has 0 aromatic heterocycles. The average Bonchev–Trinajstić information content (AvgIpc) is 2.82. The van der Waals surface area contributed by atoms with Crippen LogP contribution in [0.2, 0.25) is 0 Å². The second kappa shape index (κ2) is 6.85. The van der Waals surface area contributed by atoms with Crippen LogP contribution in [-0.2, 0) is 19.7 Å². The lowest BCUT2D eigenvalue weighted by Gasteiger charge is -2.21. The molecule has 1 aromatic rings. The molecular weight excluding hydrogens is 350 g/mol. The molecule has 0 aliphatic carbocycles. The van der Waals surface area contributed by atoms with Crippen LogP contribution in [0.25, 0.3) is 0 Å². The van der Waals surface area contributed by atoms with Crippen LogP contribution in [-0.4, -0.2) is 53.3 Å². The van der Waals surface area contributed by atoms with Gasteiger partial charge in [-0.3, -0.25) is 0 Å². The zero-order valence-electron chi connectivity index (χ0n) is 14.1. The number of methoxy groups -OCH3 is 1. The van der Waals surface area contributed by atoms with E-state index in [0.717, 1.165) is 0 Å². The molecule has 1 fully saturated rings. The number of aryl methyl sites for hydroxylation is 2. The molecule has 0 spiro atoms. The normalized spacial score (nSPS) is 23.1. The van der Waals surface area contributed by atoms with Gasteiger partial charge in [0.1, 0.15) is 5.75 Å². The van der Waals surface area contributed by atoms with Crippen molar-refractivity contribution in [1.29, 1.82) is 0 Å². The minimum atomic E-state index is -3.80. The van der Waals surface area contributed by atoms with Crippen molar-refractivity contribution in [2.45, 2.75) is 30.0 Å². The van der Waals surface area contributed by atoms with Crippen LogP contribution in [0.15, 0.2) is 29.7 Å². The molecule has 1 N–H and O–H groups in total. The second-order valence-electron chi connectivity index (χ2n) is 6.05. The first-order chi connectivity index (χ1) is 11.1. The predicted molar refractivity (Wildman–Crippen MR) is 94.1 cm³/mol. The van der Waals surface area contributed by atoms with Crippen LogP contribution in [0.3, 0.4) is 0 Å². The molecule has 0 unspecified atom stereocenters. The molecule has 134 valence electrons. The number of rotatable bonds is 6. The summed E-state index contributed by atoms with van der Waals surface area (Å²) in [6.45, 7) is 7.37. The first kappa shape index (κ1) is 19.0. The number of hydrogen-bond donors (Lipinski definition) is 1. The van der Waals surface area contributed by atoms with Crippen LogP contribution >= 0.6 is 0 Å². The first-order valence-electron chi connectivity index (χ1n) is 7.56. The quantitative estimate of drug-likeness (QED) is 0.749. The van der Waals surface area contributed by atoms with E-state index in [0.29, 0.717) is 23.4 Å². The Morgan fingerprint density at radius 1 is 1.29 bits per heavy atom. The van der Waals surface area contributed by atoms with E-state index >= 15 is 0 Å². The number of benzene rings is 1. The standard InChI is InChI=1S/C16H23NO5S2/c1-5-6-17-13-9-23(18,19)10-16(13)24(20,21)15-8-11(2)14(22-4)7-12(15)3/h5,7-8,13,16-17H,1,6,9-10H2,2-4H3/t13-,16-/m1/s1. The van der Waals surface area contributed by atoms with Gasteiger partial charge >= 0.3 is 0 Å². The molecule has 2 rings (SSSR count). The number of ether oxygens (including phenoxy) is 1. The minimum Gasteiger partial charge on any atom is -0.496 e. The Morgan fingerprint density at radius 2 is 1.96 bits per heavy atom. The molecule has 1 aliphatic heterocycles. The molecule has 1 saturated heterocycles. The van der Waals surface area contributed by atoms with Crippen LogP contribution in [0.1, 0.15) is 11.1 Å². The molecule has 2 atom stereocenters. The van der Waals surface area contributed by atoms with Crippen molar-refractivity contribution in [3.63, 3.8) is 0 Å². The first-order valence-corrected chi connectivity index (χ1v) is 10.9. The molecule has 6 nitrogen and oxygen atoms in total. The Bertz CT molecular complexity index is 843. The molecule has 1 heterocycles. The molecule has 8 heteroatoms. The van der Waals surface area contributed by atoms with Gasteiger partial charge in [0.15, 0.2) is 19.7 Å². The fourth-order valence-electron chi connectivity index (χ4n) is 3.00. The van der Waals surface area contributed by atoms with Gasteiger partial charge in [0, 0.05) is 12.6 Å². The van der Waals surface area contributed by atoms with Crippen LogP contribution in [0, 0.1) is 13.8 Å². The fourth-order valence-corrected chi connectivity index (χ4v) is 8.03. The summed E-state index contributed by atoms with van der Waals surface area (Å²) in [4.78, 5) is 0.160. The van der Waals surface area contributed by atoms with Gasteiger partial charge in [-0.05, 0) is 37.1 Å². The zero-order chi connectivity index (χ0) is 18.1. The van der Waals surface area contributed by atoms with E-state index < -0.39 is 31.0 Å². The van der Waals surface area contributed by atoms with Crippen molar-refractivity contribution in [3.8, 4) is 5.75 Å². The van der Waals surface area contributed by atoms with Gasteiger partial charge < -0.3 is 10.1 Å². The Kier molecular flexibility index (Phi) is 5.41. The summed E-state index contributed by atoms with van der Waals surface area (Å²) in [6.07, 6.45) is 1.58. The third-order valence-corrected chi connectivity index (χ3v) is 8.51. The Hall–Kier alpha value is -1.38. The van der Waals surface area contributed by atoms with Gasteiger partial charge in [-0.1, -0.05) is 6.08 Å². The zero-order valence-corrected chi connectivity index (χ0v) is 15.7. The third kappa shape index (κ3) is 3.65. The number of sulfone groups is 2. The van der Waals surface area contributed by atoms with Crippen molar-refractivity contribution in [1.82, 2.24) is 5.32 Å². The summed E-state index contributed by atoms with van der Waals surface area (Å²) in [5, 5.41) is 1.96. The van der Waals surface area contributed by atoms with Crippen molar-refractivity contribution in [2.24, 2.45) is 0 Å². The lowest BCUT2D eigenvalue weighted by atomic mass is 10.1. The number of hydrogen-bond acceptors (Lipinski definition) is 6. The Labute approximate surface area is 143 Å². The van der Waals surface area contributed by atoms with Crippen molar-refractivity contribution >= 4 is 19.7 Å². The van der Waals surface area contributed by atoms with Gasteiger partial charge in [0.25, 0.3) is 0 Å². The monoisotopic (exact) mass is 373 g/mol. The van der Waals surface area contributed by atoms with Crippen molar-refractivity contribution in [3.05, 3.63) is 35.9 Å². The smallest absolute Gasteiger partial charge is 0.184 e. The molecule has 0 bridgehead atoms. The lowest BCUT2D eigenvalue weighted by molar-refractivity contribution is 0.411.